The molecular formula is C16H20N2O4. The number of rotatable bonds is 4. The minimum Gasteiger partial charge on any atom is -0.452 e. The number of hydrogen-bond donors (Lipinski definition) is 1. The number of esters is 1. The number of nitrogens with two attached hydrogens (primary N) is 1. The monoisotopic (exact) mass is 304 g/mol. The molecule has 0 aromatic heterocycles. The number of aryl methyl sites for hydroxylation is 1. The van der Waals surface area contributed by atoms with Gasteiger partial charge in [-0.2, -0.15) is 0 Å². The summed E-state index contributed by atoms with van der Waals surface area (Å²) in [4.78, 5) is 36.7. The Morgan fingerprint density at radius 3 is 2.45 bits per heavy atom. The molecule has 0 atom stereocenters. The topological polar surface area (TPSA) is 89.7 Å². The van der Waals surface area contributed by atoms with E-state index in [0.717, 1.165) is 5.56 Å². The second-order valence-electron chi connectivity index (χ2n) is 5.45. The summed E-state index contributed by atoms with van der Waals surface area (Å²) in [5.74, 6) is -1.24. The Labute approximate surface area is 129 Å². The van der Waals surface area contributed by atoms with Crippen molar-refractivity contribution in [2.24, 2.45) is 11.7 Å². The van der Waals surface area contributed by atoms with Gasteiger partial charge in [0.1, 0.15) is 0 Å². The van der Waals surface area contributed by atoms with Crippen LogP contribution in [0.4, 0.5) is 0 Å². The lowest BCUT2D eigenvalue weighted by atomic mass is 9.96. The van der Waals surface area contributed by atoms with Gasteiger partial charge in [-0.05, 0) is 31.4 Å². The van der Waals surface area contributed by atoms with E-state index in [2.05, 4.69) is 0 Å². The lowest BCUT2D eigenvalue weighted by molar-refractivity contribution is -0.137. The zero-order valence-corrected chi connectivity index (χ0v) is 12.6. The van der Waals surface area contributed by atoms with Crippen LogP contribution in [0, 0.1) is 12.8 Å². The molecule has 1 heterocycles. The number of amides is 2. The zero-order valence-electron chi connectivity index (χ0n) is 12.6. The Kier molecular flexibility index (Phi) is 5.14. The highest BCUT2D eigenvalue weighted by molar-refractivity contribution is 5.92. The maximum Gasteiger partial charge on any atom is 0.338 e. The zero-order chi connectivity index (χ0) is 16.1. The minimum atomic E-state index is -0.501. The van der Waals surface area contributed by atoms with E-state index in [-0.39, 0.29) is 24.3 Å². The maximum absolute atomic E-state index is 12.0. The van der Waals surface area contributed by atoms with Crippen LogP contribution in [0.15, 0.2) is 24.3 Å². The van der Waals surface area contributed by atoms with E-state index >= 15 is 0 Å². The molecule has 0 radical (unpaired) electrons. The van der Waals surface area contributed by atoms with Crippen LogP contribution in [0.1, 0.15) is 28.8 Å². The van der Waals surface area contributed by atoms with Gasteiger partial charge in [0.15, 0.2) is 6.61 Å². The third-order valence-electron chi connectivity index (χ3n) is 3.94. The lowest BCUT2D eigenvalue weighted by Crippen LogP contribution is -2.43. The highest BCUT2D eigenvalue weighted by atomic mass is 16.5. The number of nitrogens with zero attached hydrogens (tertiary/aromatic N) is 1. The van der Waals surface area contributed by atoms with Gasteiger partial charge < -0.3 is 15.4 Å². The van der Waals surface area contributed by atoms with Crippen LogP contribution in [-0.2, 0) is 14.3 Å². The van der Waals surface area contributed by atoms with Crippen LogP contribution in [0.5, 0.6) is 0 Å². The summed E-state index contributed by atoms with van der Waals surface area (Å²) in [5.41, 5.74) is 6.52. The summed E-state index contributed by atoms with van der Waals surface area (Å²) < 4.78 is 5.08. The fraction of sp³-hybridized carbons (Fsp3) is 0.438. The van der Waals surface area contributed by atoms with Crippen molar-refractivity contribution in [2.45, 2.75) is 19.8 Å². The van der Waals surface area contributed by atoms with Crippen molar-refractivity contribution in [3.63, 3.8) is 0 Å². The molecule has 1 aromatic carbocycles. The largest absolute Gasteiger partial charge is 0.452 e. The standard InChI is InChI=1S/C16H20N2O4/c1-11-4-2-3-5-13(11)16(21)22-10-14(19)18-8-6-12(7-9-18)15(17)20/h2-5,12H,6-10H2,1H3,(H2,17,20). The van der Waals surface area contributed by atoms with Gasteiger partial charge in [0, 0.05) is 19.0 Å². The number of carbonyl (C=O) groups is 3. The molecule has 0 unspecified atom stereocenters. The van der Waals surface area contributed by atoms with E-state index in [1.54, 1.807) is 17.0 Å². The number of piperidine rings is 1. The first kappa shape index (κ1) is 16.0. The number of benzene rings is 1. The molecule has 0 aliphatic carbocycles. The van der Waals surface area contributed by atoms with Crippen LogP contribution < -0.4 is 5.73 Å². The van der Waals surface area contributed by atoms with Crippen molar-refractivity contribution in [3.8, 4) is 0 Å². The summed E-state index contributed by atoms with van der Waals surface area (Å²) in [6.45, 7) is 2.46. The van der Waals surface area contributed by atoms with Gasteiger partial charge >= 0.3 is 5.97 Å². The van der Waals surface area contributed by atoms with Crippen molar-refractivity contribution >= 4 is 17.8 Å². The SMILES string of the molecule is Cc1ccccc1C(=O)OCC(=O)N1CCC(C(N)=O)CC1. The average Bonchev–Trinajstić information content (AvgIpc) is 2.52. The van der Waals surface area contributed by atoms with Crippen molar-refractivity contribution in [2.75, 3.05) is 19.7 Å². The minimum absolute atomic E-state index is 0.168. The van der Waals surface area contributed by atoms with Crippen molar-refractivity contribution in [1.29, 1.82) is 0 Å². The molecule has 1 fully saturated rings. The molecule has 6 nitrogen and oxygen atoms in total. The average molecular weight is 304 g/mol. The van der Waals surface area contributed by atoms with Gasteiger partial charge in [-0.25, -0.2) is 4.79 Å². The molecular weight excluding hydrogens is 284 g/mol. The highest BCUT2D eigenvalue weighted by Crippen LogP contribution is 2.17. The maximum atomic E-state index is 12.0. The molecule has 118 valence electrons. The normalized spacial score (nSPS) is 15.4. The smallest absolute Gasteiger partial charge is 0.338 e. The van der Waals surface area contributed by atoms with Gasteiger partial charge in [0.05, 0.1) is 5.56 Å². The third kappa shape index (κ3) is 3.84. The predicted octanol–water partition coefficient (Wildman–Crippen LogP) is 0.876. The number of primary amides is 1. The first-order valence-corrected chi connectivity index (χ1v) is 7.29. The Bertz CT molecular complexity index is 577. The summed E-state index contributed by atoms with van der Waals surface area (Å²) >= 11 is 0. The Morgan fingerprint density at radius 1 is 1.23 bits per heavy atom. The van der Waals surface area contributed by atoms with Crippen molar-refractivity contribution in [1.82, 2.24) is 4.90 Å². The molecule has 0 bridgehead atoms. The summed E-state index contributed by atoms with van der Waals surface area (Å²) in [7, 11) is 0. The second kappa shape index (κ2) is 7.06. The third-order valence-corrected chi connectivity index (χ3v) is 3.94. The Hall–Kier alpha value is -2.37. The van der Waals surface area contributed by atoms with Crippen LogP contribution in [-0.4, -0.2) is 42.4 Å². The fourth-order valence-electron chi connectivity index (χ4n) is 2.51. The van der Waals surface area contributed by atoms with Crippen LogP contribution >= 0.6 is 0 Å². The summed E-state index contributed by atoms with van der Waals surface area (Å²) in [5, 5.41) is 0. The van der Waals surface area contributed by atoms with Crippen LogP contribution in [0.25, 0.3) is 0 Å². The van der Waals surface area contributed by atoms with Crippen LogP contribution in [0.3, 0.4) is 0 Å². The molecule has 22 heavy (non-hydrogen) atoms. The molecule has 1 aromatic rings. The summed E-state index contributed by atoms with van der Waals surface area (Å²) in [6, 6.07) is 7.06. The second-order valence-corrected chi connectivity index (χ2v) is 5.45. The molecule has 6 heteroatoms. The Morgan fingerprint density at radius 2 is 1.86 bits per heavy atom. The van der Waals surface area contributed by atoms with Crippen LogP contribution in [0.2, 0.25) is 0 Å². The van der Waals surface area contributed by atoms with Gasteiger partial charge in [-0.3, -0.25) is 9.59 Å². The van der Waals surface area contributed by atoms with E-state index < -0.39 is 5.97 Å². The molecule has 2 N–H and O–H groups in total. The molecule has 1 aliphatic heterocycles. The predicted molar refractivity (Wildman–Crippen MR) is 80.0 cm³/mol. The molecule has 1 saturated heterocycles. The number of carbonyl (C=O) groups excluding carboxylic acids is 3. The molecule has 0 spiro atoms. The molecule has 1 aliphatic rings. The quantitative estimate of drug-likeness (QED) is 0.836. The fourth-order valence-corrected chi connectivity index (χ4v) is 2.51. The Balaban J connectivity index is 1.82. The number of hydrogen-bond acceptors (Lipinski definition) is 4. The van der Waals surface area contributed by atoms with Crippen molar-refractivity contribution in [3.05, 3.63) is 35.4 Å². The van der Waals surface area contributed by atoms with Gasteiger partial charge in [0.25, 0.3) is 5.91 Å². The molecule has 0 saturated carbocycles. The van der Waals surface area contributed by atoms with Gasteiger partial charge in [0.2, 0.25) is 5.91 Å². The summed E-state index contributed by atoms with van der Waals surface area (Å²) in [6.07, 6.45) is 1.12. The van der Waals surface area contributed by atoms with Gasteiger partial charge in [-0.1, -0.05) is 18.2 Å². The first-order valence-electron chi connectivity index (χ1n) is 7.29. The molecule has 2 amide bonds. The van der Waals surface area contributed by atoms with Gasteiger partial charge in [-0.15, -0.1) is 0 Å². The van der Waals surface area contributed by atoms with E-state index in [0.29, 0.717) is 31.5 Å². The van der Waals surface area contributed by atoms with Crippen molar-refractivity contribution < 1.29 is 19.1 Å². The van der Waals surface area contributed by atoms with E-state index in [4.69, 9.17) is 10.5 Å². The van der Waals surface area contributed by atoms with E-state index in [1.807, 2.05) is 19.1 Å². The lowest BCUT2D eigenvalue weighted by Gasteiger charge is -2.30. The van der Waals surface area contributed by atoms with E-state index in [1.165, 1.54) is 0 Å². The highest BCUT2D eigenvalue weighted by Gasteiger charge is 2.26. The number of likely N-dealkylation sites (tertiary alicyclic amines) is 1. The first-order chi connectivity index (χ1) is 10.5. The van der Waals surface area contributed by atoms with E-state index in [9.17, 15) is 14.4 Å². The number of ether oxygens (including phenoxy) is 1. The molecule has 2 rings (SSSR count).